The zero-order chi connectivity index (χ0) is 6.85. The van der Waals surface area contributed by atoms with Crippen molar-refractivity contribution in [2.24, 2.45) is 5.73 Å². The van der Waals surface area contributed by atoms with Gasteiger partial charge < -0.3 is 15.3 Å². The van der Waals surface area contributed by atoms with Crippen molar-refractivity contribution in [2.75, 3.05) is 0 Å². The highest BCUT2D eigenvalue weighted by atomic mass is 16.4. The van der Waals surface area contributed by atoms with Gasteiger partial charge in [0.1, 0.15) is 6.26 Å². The zero-order valence-corrected chi connectivity index (χ0v) is 4.50. The molecule has 0 radical (unpaired) electrons. The van der Waals surface area contributed by atoms with Crippen molar-refractivity contribution in [3.63, 3.8) is 0 Å². The molecule has 3 N–H and O–H groups in total. The minimum absolute atomic E-state index is 0.0347. The number of carbonyl (C=O) groups is 1. The summed E-state index contributed by atoms with van der Waals surface area (Å²) in [6, 6.07) is 1.16. The molecule has 0 saturated heterocycles. The third-order valence-corrected chi connectivity index (χ3v) is 0.828. The largest absolute Gasteiger partial charge is 0.505 e. The summed E-state index contributed by atoms with van der Waals surface area (Å²) in [6.07, 6.45) is 1.04. The van der Waals surface area contributed by atoms with Crippen molar-refractivity contribution >= 4 is 5.91 Å². The van der Waals surface area contributed by atoms with E-state index >= 15 is 0 Å². The minimum atomic E-state index is -0.685. The van der Waals surface area contributed by atoms with Crippen LogP contribution in [0.5, 0.6) is 5.75 Å². The van der Waals surface area contributed by atoms with Gasteiger partial charge in [0.25, 0.3) is 5.91 Å². The van der Waals surface area contributed by atoms with E-state index in [1.807, 2.05) is 0 Å². The van der Waals surface area contributed by atoms with E-state index < -0.39 is 5.91 Å². The molecule has 0 saturated carbocycles. The molecule has 4 heteroatoms. The number of rotatable bonds is 1. The molecule has 0 aliphatic carbocycles. The summed E-state index contributed by atoms with van der Waals surface area (Å²) in [5, 5.41) is 8.60. The maximum absolute atomic E-state index is 10.2. The van der Waals surface area contributed by atoms with Crippen LogP contribution in [-0.2, 0) is 0 Å². The lowest BCUT2D eigenvalue weighted by Crippen LogP contribution is -2.08. The summed E-state index contributed by atoms with van der Waals surface area (Å²) in [5.41, 5.74) is 4.78. The molecular formula is C5H5NO3. The van der Waals surface area contributed by atoms with Crippen molar-refractivity contribution in [3.05, 3.63) is 18.1 Å². The molecule has 0 aliphatic rings. The molecule has 0 aromatic carbocycles. The Hall–Kier alpha value is -1.45. The molecule has 1 heterocycles. The van der Waals surface area contributed by atoms with Crippen LogP contribution in [0.25, 0.3) is 0 Å². The molecule has 1 amide bonds. The third kappa shape index (κ3) is 1.02. The van der Waals surface area contributed by atoms with E-state index in [9.17, 15) is 4.79 Å². The van der Waals surface area contributed by atoms with Crippen molar-refractivity contribution in [1.82, 2.24) is 0 Å². The normalized spacial score (nSPS) is 9.33. The van der Waals surface area contributed by atoms with E-state index in [1.165, 1.54) is 0 Å². The van der Waals surface area contributed by atoms with Crippen molar-refractivity contribution in [1.29, 1.82) is 0 Å². The highest BCUT2D eigenvalue weighted by Gasteiger charge is 2.04. The second-order valence-corrected chi connectivity index (χ2v) is 1.53. The molecule has 1 aromatic heterocycles. The van der Waals surface area contributed by atoms with E-state index in [1.54, 1.807) is 0 Å². The first-order chi connectivity index (χ1) is 4.20. The molecule has 0 bridgehead atoms. The fourth-order valence-corrected chi connectivity index (χ4v) is 0.455. The first-order valence-electron chi connectivity index (χ1n) is 2.27. The molecular weight excluding hydrogens is 122 g/mol. The monoisotopic (exact) mass is 127 g/mol. The summed E-state index contributed by atoms with van der Waals surface area (Å²) in [6.45, 7) is 0. The fourth-order valence-electron chi connectivity index (χ4n) is 0.455. The van der Waals surface area contributed by atoms with E-state index in [4.69, 9.17) is 10.8 Å². The first kappa shape index (κ1) is 5.68. The SMILES string of the molecule is NC(=O)c1cc(O)co1. The summed E-state index contributed by atoms with van der Waals surface area (Å²) < 4.78 is 4.50. The molecule has 0 aliphatic heterocycles. The molecule has 0 spiro atoms. The number of furan rings is 1. The molecule has 0 atom stereocenters. The van der Waals surface area contributed by atoms with Gasteiger partial charge in [-0.05, 0) is 0 Å². The fraction of sp³-hybridized carbons (Fsp3) is 0. The lowest BCUT2D eigenvalue weighted by Gasteiger charge is -1.80. The average Bonchev–Trinajstić information content (AvgIpc) is 2.14. The Balaban J connectivity index is 2.98. The first-order valence-corrected chi connectivity index (χ1v) is 2.27. The number of carbonyl (C=O) groups excluding carboxylic acids is 1. The topological polar surface area (TPSA) is 76.5 Å². The molecule has 48 valence electrons. The van der Waals surface area contributed by atoms with Gasteiger partial charge in [-0.2, -0.15) is 0 Å². The van der Waals surface area contributed by atoms with Crippen LogP contribution < -0.4 is 5.73 Å². The zero-order valence-electron chi connectivity index (χ0n) is 4.50. The number of hydrogen-bond donors (Lipinski definition) is 2. The van der Waals surface area contributed by atoms with Gasteiger partial charge in [0.2, 0.25) is 0 Å². The molecule has 0 unspecified atom stereocenters. The van der Waals surface area contributed by atoms with Crippen molar-refractivity contribution in [3.8, 4) is 5.75 Å². The van der Waals surface area contributed by atoms with Crippen LogP contribution in [0.2, 0.25) is 0 Å². The number of aromatic hydroxyl groups is 1. The van der Waals surface area contributed by atoms with Crippen LogP contribution in [0.3, 0.4) is 0 Å². The van der Waals surface area contributed by atoms with E-state index in [0.29, 0.717) is 0 Å². The Labute approximate surface area is 50.9 Å². The summed E-state index contributed by atoms with van der Waals surface area (Å²) in [5.74, 6) is -0.813. The minimum Gasteiger partial charge on any atom is -0.505 e. The Morgan fingerprint density at radius 2 is 2.44 bits per heavy atom. The number of nitrogens with two attached hydrogens (primary N) is 1. The van der Waals surface area contributed by atoms with E-state index in [0.717, 1.165) is 12.3 Å². The predicted molar refractivity (Wildman–Crippen MR) is 28.9 cm³/mol. The van der Waals surface area contributed by atoms with Gasteiger partial charge in [-0.3, -0.25) is 4.79 Å². The van der Waals surface area contributed by atoms with Crippen molar-refractivity contribution < 1.29 is 14.3 Å². The Morgan fingerprint density at radius 3 is 2.67 bits per heavy atom. The smallest absolute Gasteiger partial charge is 0.284 e. The highest BCUT2D eigenvalue weighted by molar-refractivity contribution is 5.90. The second-order valence-electron chi connectivity index (χ2n) is 1.53. The molecule has 9 heavy (non-hydrogen) atoms. The summed E-state index contributed by atoms with van der Waals surface area (Å²) >= 11 is 0. The quantitative estimate of drug-likeness (QED) is 0.561. The van der Waals surface area contributed by atoms with Crippen LogP contribution >= 0.6 is 0 Å². The maximum Gasteiger partial charge on any atom is 0.284 e. The van der Waals surface area contributed by atoms with Crippen LogP contribution in [0, 0.1) is 0 Å². The summed E-state index contributed by atoms with van der Waals surface area (Å²) in [4.78, 5) is 10.2. The average molecular weight is 127 g/mol. The van der Waals surface area contributed by atoms with Gasteiger partial charge in [0.15, 0.2) is 11.5 Å². The van der Waals surface area contributed by atoms with E-state index in [-0.39, 0.29) is 11.5 Å². The van der Waals surface area contributed by atoms with Gasteiger partial charge in [-0.1, -0.05) is 0 Å². The Bertz CT molecular complexity index is 228. The Morgan fingerprint density at radius 1 is 1.78 bits per heavy atom. The van der Waals surface area contributed by atoms with Crippen LogP contribution in [0.4, 0.5) is 0 Å². The summed E-state index contributed by atoms with van der Waals surface area (Å²) in [7, 11) is 0. The maximum atomic E-state index is 10.2. The predicted octanol–water partition coefficient (Wildman–Crippen LogP) is 0.0841. The van der Waals surface area contributed by atoms with Crippen LogP contribution in [0.15, 0.2) is 16.7 Å². The van der Waals surface area contributed by atoms with Crippen LogP contribution in [-0.4, -0.2) is 11.0 Å². The third-order valence-electron chi connectivity index (χ3n) is 0.828. The second kappa shape index (κ2) is 1.81. The number of amides is 1. The molecule has 4 nitrogen and oxygen atoms in total. The van der Waals surface area contributed by atoms with Crippen LogP contribution in [0.1, 0.15) is 10.6 Å². The standard InChI is InChI=1S/C5H5NO3/c6-5(8)4-1-3(7)2-9-4/h1-2,7H,(H2,6,8). The van der Waals surface area contributed by atoms with Gasteiger partial charge in [0, 0.05) is 6.07 Å². The van der Waals surface area contributed by atoms with Gasteiger partial charge in [-0.25, -0.2) is 0 Å². The van der Waals surface area contributed by atoms with Crippen molar-refractivity contribution in [2.45, 2.75) is 0 Å². The van der Waals surface area contributed by atoms with Gasteiger partial charge in [0.05, 0.1) is 0 Å². The number of primary amides is 1. The lowest BCUT2D eigenvalue weighted by atomic mass is 10.4. The van der Waals surface area contributed by atoms with Gasteiger partial charge in [-0.15, -0.1) is 0 Å². The van der Waals surface area contributed by atoms with Gasteiger partial charge >= 0.3 is 0 Å². The molecule has 1 rings (SSSR count). The lowest BCUT2D eigenvalue weighted by molar-refractivity contribution is 0.0974. The Kier molecular flexibility index (Phi) is 1.14. The molecule has 1 aromatic rings. The molecule has 0 fully saturated rings. The number of hydrogen-bond acceptors (Lipinski definition) is 3. The van der Waals surface area contributed by atoms with E-state index in [2.05, 4.69) is 4.42 Å². The highest BCUT2D eigenvalue weighted by Crippen LogP contribution is 2.11.